The van der Waals surface area contributed by atoms with Gasteiger partial charge in [0.25, 0.3) is 0 Å². The van der Waals surface area contributed by atoms with E-state index in [9.17, 15) is 23.4 Å². The third-order valence-corrected chi connectivity index (χ3v) is 4.42. The smallest absolute Gasteiger partial charge is 0.396 e. The van der Waals surface area contributed by atoms with Gasteiger partial charge in [-0.1, -0.05) is 31.5 Å². The van der Waals surface area contributed by atoms with Gasteiger partial charge < -0.3 is 15.5 Å². The van der Waals surface area contributed by atoms with Crippen LogP contribution in [-0.2, 0) is 5.60 Å². The molecule has 0 aliphatic heterocycles. The molecular weight excluding hydrogens is 383 g/mol. The lowest BCUT2D eigenvalue weighted by Crippen LogP contribution is -2.39. The molecule has 0 fully saturated rings. The third kappa shape index (κ3) is 4.88. The largest absolute Gasteiger partial charge is 0.421 e. The maximum Gasteiger partial charge on any atom is 0.421 e. The van der Waals surface area contributed by atoms with Gasteiger partial charge in [-0.3, -0.25) is 4.98 Å². The summed E-state index contributed by atoms with van der Waals surface area (Å²) in [5.41, 5.74) is -2.27. The van der Waals surface area contributed by atoms with E-state index in [2.05, 4.69) is 15.3 Å². The molecule has 2 aromatic heterocycles. The Balaban J connectivity index is 2.36. The Hall–Kier alpha value is -1.90. The quantitative estimate of drug-likeness (QED) is 0.635. The number of hydrogen-bond donors (Lipinski definition) is 3. The maximum absolute atomic E-state index is 13.0. The van der Waals surface area contributed by atoms with Gasteiger partial charge in [0.1, 0.15) is 5.15 Å². The average molecular weight is 404 g/mol. The predicted octanol–water partition coefficient (Wildman–Crippen LogP) is 4.00. The molecule has 2 rings (SSSR count). The van der Waals surface area contributed by atoms with Crippen molar-refractivity contribution in [1.82, 2.24) is 9.97 Å². The van der Waals surface area contributed by atoms with Crippen molar-refractivity contribution in [3.8, 4) is 11.3 Å². The summed E-state index contributed by atoms with van der Waals surface area (Å²) in [6, 6.07) is 4.13. The monoisotopic (exact) mass is 403 g/mol. The van der Waals surface area contributed by atoms with Gasteiger partial charge in [0.2, 0.25) is 0 Å². The molecule has 0 bridgehead atoms. The Labute approximate surface area is 160 Å². The first-order valence-corrected chi connectivity index (χ1v) is 8.51. The molecule has 148 valence electrons. The van der Waals surface area contributed by atoms with Gasteiger partial charge in [0.05, 0.1) is 5.69 Å². The molecule has 0 spiro atoms. The molecular formula is C18H21ClF3N3O2. The summed E-state index contributed by atoms with van der Waals surface area (Å²) in [4.78, 5) is 8.05. The summed E-state index contributed by atoms with van der Waals surface area (Å²) in [5.74, 6) is 0. The molecule has 0 radical (unpaired) electrons. The van der Waals surface area contributed by atoms with Crippen LogP contribution in [0.15, 0.2) is 30.6 Å². The zero-order valence-electron chi connectivity index (χ0n) is 15.1. The predicted molar refractivity (Wildman–Crippen MR) is 97.5 cm³/mol. The number of nitrogens with one attached hydrogen (secondary N) is 1. The summed E-state index contributed by atoms with van der Waals surface area (Å²) < 4.78 is 38.9. The number of rotatable bonds is 6. The number of aliphatic hydroxyl groups excluding tert-OH is 1. The lowest BCUT2D eigenvalue weighted by molar-refractivity contribution is -0.259. The Morgan fingerprint density at radius 3 is 2.30 bits per heavy atom. The van der Waals surface area contributed by atoms with E-state index >= 15 is 0 Å². The van der Waals surface area contributed by atoms with Gasteiger partial charge >= 0.3 is 6.18 Å². The number of pyridine rings is 2. The Bertz CT molecular complexity index is 793. The second-order valence-corrected chi connectivity index (χ2v) is 7.62. The topological polar surface area (TPSA) is 78.3 Å². The van der Waals surface area contributed by atoms with Crippen molar-refractivity contribution >= 4 is 17.3 Å². The number of aliphatic hydroxyl groups is 2. The average Bonchev–Trinajstić information content (AvgIpc) is 2.59. The van der Waals surface area contributed by atoms with E-state index in [1.165, 1.54) is 18.3 Å². The second kappa shape index (κ2) is 7.61. The fourth-order valence-corrected chi connectivity index (χ4v) is 2.33. The van der Waals surface area contributed by atoms with E-state index in [-0.39, 0.29) is 17.3 Å². The fourth-order valence-electron chi connectivity index (χ4n) is 2.18. The fraction of sp³-hybridized carbons (Fsp3) is 0.444. The highest BCUT2D eigenvalue weighted by atomic mass is 35.5. The minimum Gasteiger partial charge on any atom is -0.396 e. The standard InChI is InChI=1S/C18H21ClF3N3O2/c1-16(2,10-26)9-25-14-6-15(19)24-8-12(14)13-5-4-11(7-23-13)17(3,27)18(20,21)22/h4-8,26-27H,9-10H2,1-3H3,(H,24,25). The van der Waals surface area contributed by atoms with Crippen LogP contribution in [0.3, 0.4) is 0 Å². The zero-order chi connectivity index (χ0) is 20.5. The van der Waals surface area contributed by atoms with Crippen molar-refractivity contribution in [1.29, 1.82) is 0 Å². The summed E-state index contributed by atoms with van der Waals surface area (Å²) in [7, 11) is 0. The summed E-state index contributed by atoms with van der Waals surface area (Å²) >= 11 is 5.94. The number of hydrogen-bond acceptors (Lipinski definition) is 5. The van der Waals surface area contributed by atoms with Crippen molar-refractivity contribution < 1.29 is 23.4 Å². The molecule has 0 saturated heterocycles. The van der Waals surface area contributed by atoms with Gasteiger partial charge in [-0.05, 0) is 19.1 Å². The molecule has 1 unspecified atom stereocenters. The van der Waals surface area contributed by atoms with Gasteiger partial charge in [0, 0.05) is 47.8 Å². The van der Waals surface area contributed by atoms with Gasteiger partial charge in [-0.25, -0.2) is 4.98 Å². The molecule has 0 aromatic carbocycles. The summed E-state index contributed by atoms with van der Waals surface area (Å²) in [6.07, 6.45) is -2.37. The first-order chi connectivity index (χ1) is 12.4. The van der Waals surface area contributed by atoms with E-state index < -0.39 is 17.2 Å². The highest BCUT2D eigenvalue weighted by Gasteiger charge is 2.51. The van der Waals surface area contributed by atoms with Crippen LogP contribution in [0.2, 0.25) is 5.15 Å². The van der Waals surface area contributed by atoms with Crippen LogP contribution in [0.4, 0.5) is 18.9 Å². The molecule has 2 heterocycles. The molecule has 0 aliphatic carbocycles. The van der Waals surface area contributed by atoms with E-state index in [1.807, 2.05) is 13.8 Å². The van der Waals surface area contributed by atoms with Gasteiger partial charge in [-0.2, -0.15) is 13.2 Å². The minimum atomic E-state index is -4.82. The summed E-state index contributed by atoms with van der Waals surface area (Å²) in [5, 5.41) is 22.5. The number of anilines is 1. The lowest BCUT2D eigenvalue weighted by Gasteiger charge is -2.26. The number of alkyl halides is 3. The first kappa shape index (κ1) is 21.4. The molecule has 0 saturated carbocycles. The Morgan fingerprint density at radius 2 is 1.78 bits per heavy atom. The van der Waals surface area contributed by atoms with Crippen molar-refractivity contribution in [3.05, 3.63) is 41.3 Å². The van der Waals surface area contributed by atoms with E-state index in [0.717, 1.165) is 6.20 Å². The number of nitrogens with zero attached hydrogens (tertiary/aromatic N) is 2. The number of halogens is 4. The van der Waals surface area contributed by atoms with Crippen LogP contribution in [0, 0.1) is 5.41 Å². The molecule has 0 aliphatic rings. The van der Waals surface area contributed by atoms with Gasteiger partial charge in [0.15, 0.2) is 5.60 Å². The molecule has 0 amide bonds. The molecule has 9 heteroatoms. The molecule has 27 heavy (non-hydrogen) atoms. The molecule has 5 nitrogen and oxygen atoms in total. The normalized spacial score (nSPS) is 14.7. The second-order valence-electron chi connectivity index (χ2n) is 7.23. The van der Waals surface area contributed by atoms with Crippen LogP contribution in [-0.4, -0.2) is 39.5 Å². The van der Waals surface area contributed by atoms with Crippen LogP contribution < -0.4 is 5.32 Å². The van der Waals surface area contributed by atoms with Crippen LogP contribution in [0.5, 0.6) is 0 Å². The lowest BCUT2D eigenvalue weighted by atomic mass is 9.94. The van der Waals surface area contributed by atoms with E-state index in [1.54, 1.807) is 6.07 Å². The van der Waals surface area contributed by atoms with Crippen molar-refractivity contribution in [3.63, 3.8) is 0 Å². The maximum atomic E-state index is 13.0. The first-order valence-electron chi connectivity index (χ1n) is 8.14. The zero-order valence-corrected chi connectivity index (χ0v) is 15.9. The van der Waals surface area contributed by atoms with Crippen molar-refractivity contribution in [2.45, 2.75) is 32.5 Å². The summed E-state index contributed by atoms with van der Waals surface area (Å²) in [6.45, 7) is 4.81. The van der Waals surface area contributed by atoms with Crippen molar-refractivity contribution in [2.75, 3.05) is 18.5 Å². The SMILES string of the molecule is CC(C)(CO)CNc1cc(Cl)ncc1-c1ccc(C(C)(O)C(F)(F)F)cn1. The van der Waals surface area contributed by atoms with Crippen LogP contribution in [0.25, 0.3) is 11.3 Å². The van der Waals surface area contributed by atoms with Crippen molar-refractivity contribution in [2.24, 2.45) is 5.41 Å². The Morgan fingerprint density at radius 1 is 1.11 bits per heavy atom. The minimum absolute atomic E-state index is 0.0341. The molecule has 1 atom stereocenters. The number of aromatic nitrogens is 2. The van der Waals surface area contributed by atoms with Gasteiger partial charge in [-0.15, -0.1) is 0 Å². The highest BCUT2D eigenvalue weighted by Crippen LogP contribution is 2.39. The third-order valence-electron chi connectivity index (χ3n) is 4.21. The molecule has 3 N–H and O–H groups in total. The van der Waals surface area contributed by atoms with Crippen LogP contribution >= 0.6 is 11.6 Å². The Kier molecular flexibility index (Phi) is 6.03. The van der Waals surface area contributed by atoms with Crippen LogP contribution in [0.1, 0.15) is 26.3 Å². The van der Waals surface area contributed by atoms with E-state index in [4.69, 9.17) is 11.6 Å². The highest BCUT2D eigenvalue weighted by molar-refractivity contribution is 6.29. The van der Waals surface area contributed by atoms with E-state index in [0.29, 0.717) is 30.4 Å². The molecule has 2 aromatic rings.